The summed E-state index contributed by atoms with van der Waals surface area (Å²) in [6.45, 7) is 12.5. The fraction of sp³-hybridized carbons (Fsp3) is 0.727. The van der Waals surface area contributed by atoms with E-state index in [1.54, 1.807) is 0 Å². The van der Waals surface area contributed by atoms with E-state index in [4.69, 9.17) is 9.84 Å². The van der Waals surface area contributed by atoms with Gasteiger partial charge in [0.2, 0.25) is 0 Å². The Labute approximate surface area is 157 Å². The Morgan fingerprint density at radius 2 is 2.00 bits per heavy atom. The van der Waals surface area contributed by atoms with Crippen molar-refractivity contribution < 1.29 is 19.4 Å². The van der Waals surface area contributed by atoms with Crippen LogP contribution in [-0.4, -0.2) is 23.1 Å². The highest BCUT2D eigenvalue weighted by Gasteiger charge is 2.58. The summed E-state index contributed by atoms with van der Waals surface area (Å²) in [6, 6.07) is 0. The van der Waals surface area contributed by atoms with Gasteiger partial charge in [0.05, 0.1) is 0 Å². The minimum Gasteiger partial charge on any atom is -0.478 e. The summed E-state index contributed by atoms with van der Waals surface area (Å²) in [4.78, 5) is 22.7. The second-order valence-electron chi connectivity index (χ2n) is 8.87. The molecule has 0 amide bonds. The molecule has 2 rings (SSSR count). The van der Waals surface area contributed by atoms with Crippen LogP contribution in [0.5, 0.6) is 0 Å². The van der Waals surface area contributed by atoms with Gasteiger partial charge >= 0.3 is 11.9 Å². The molecule has 2 aliphatic rings. The second-order valence-corrected chi connectivity index (χ2v) is 8.87. The summed E-state index contributed by atoms with van der Waals surface area (Å²) in [6.07, 6.45) is 8.31. The van der Waals surface area contributed by atoms with Gasteiger partial charge < -0.3 is 9.84 Å². The van der Waals surface area contributed by atoms with Gasteiger partial charge in [-0.05, 0) is 63.2 Å². The molecule has 2 aliphatic carbocycles. The Balaban J connectivity index is 2.35. The average Bonchev–Trinajstić information content (AvgIpc) is 2.52. The normalized spacial score (nSPS) is 37.5. The summed E-state index contributed by atoms with van der Waals surface area (Å²) in [5, 5.41) is 8.99. The average molecular weight is 363 g/mol. The van der Waals surface area contributed by atoms with Gasteiger partial charge in [-0.2, -0.15) is 0 Å². The van der Waals surface area contributed by atoms with Crippen LogP contribution in [0.25, 0.3) is 0 Å². The summed E-state index contributed by atoms with van der Waals surface area (Å²) >= 11 is 0. The molecule has 146 valence electrons. The molecule has 0 spiro atoms. The molecule has 0 radical (unpaired) electrons. The number of carbonyl (C=O) groups is 2. The topological polar surface area (TPSA) is 63.6 Å². The minimum absolute atomic E-state index is 0.0831. The van der Waals surface area contributed by atoms with E-state index in [1.165, 1.54) is 18.6 Å². The van der Waals surface area contributed by atoms with Crippen molar-refractivity contribution in [3.05, 3.63) is 23.3 Å². The Morgan fingerprint density at radius 1 is 1.35 bits per heavy atom. The lowest BCUT2D eigenvalue weighted by molar-refractivity contribution is -0.174. The first kappa shape index (κ1) is 20.7. The quantitative estimate of drug-likeness (QED) is 0.418. The zero-order valence-corrected chi connectivity index (χ0v) is 17.1. The molecule has 0 saturated heterocycles. The number of ether oxygens (including phenoxy) is 1. The molecule has 26 heavy (non-hydrogen) atoms. The highest BCUT2D eigenvalue weighted by atomic mass is 16.5. The number of allylic oxidation sites excluding steroid dienone is 2. The van der Waals surface area contributed by atoms with Crippen molar-refractivity contribution in [3.63, 3.8) is 0 Å². The Kier molecular flexibility index (Phi) is 6.04. The van der Waals surface area contributed by atoms with Crippen LogP contribution in [-0.2, 0) is 14.3 Å². The van der Waals surface area contributed by atoms with E-state index in [0.717, 1.165) is 37.7 Å². The maximum atomic E-state index is 11.7. The number of hydrogen-bond donors (Lipinski definition) is 1. The van der Waals surface area contributed by atoms with Crippen molar-refractivity contribution in [2.45, 2.75) is 79.8 Å². The Bertz CT molecular complexity index is 632. The zero-order valence-electron chi connectivity index (χ0n) is 17.1. The van der Waals surface area contributed by atoms with Gasteiger partial charge in [-0.3, -0.25) is 4.79 Å². The SMILES string of the molecule is CC(=O)O[C@@H]1C[C@@H](C)[C@](C)(CC/C(C)=C/C(=O)O)[C@H]2CCC=C(C)[C@@]21C. The number of hydrogen-bond acceptors (Lipinski definition) is 3. The molecular formula is C22H34O4. The molecule has 1 fully saturated rings. The fourth-order valence-electron chi connectivity index (χ4n) is 5.47. The summed E-state index contributed by atoms with van der Waals surface area (Å²) < 4.78 is 5.81. The van der Waals surface area contributed by atoms with Crippen LogP contribution in [0.1, 0.15) is 73.6 Å². The van der Waals surface area contributed by atoms with Gasteiger partial charge in [-0.25, -0.2) is 4.79 Å². The first-order valence-corrected chi connectivity index (χ1v) is 9.76. The summed E-state index contributed by atoms with van der Waals surface area (Å²) in [7, 11) is 0. The molecule has 4 nitrogen and oxygen atoms in total. The van der Waals surface area contributed by atoms with E-state index >= 15 is 0 Å². The maximum absolute atomic E-state index is 11.7. The molecule has 0 unspecified atom stereocenters. The number of esters is 1. The fourth-order valence-corrected chi connectivity index (χ4v) is 5.47. The molecular weight excluding hydrogens is 328 g/mol. The van der Waals surface area contributed by atoms with Crippen LogP contribution in [0, 0.1) is 22.7 Å². The molecule has 1 saturated carbocycles. The van der Waals surface area contributed by atoms with Gasteiger partial charge in [-0.15, -0.1) is 0 Å². The Hall–Kier alpha value is -1.58. The smallest absolute Gasteiger partial charge is 0.328 e. The summed E-state index contributed by atoms with van der Waals surface area (Å²) in [5.41, 5.74) is 2.19. The number of aliphatic carboxylic acids is 1. The van der Waals surface area contributed by atoms with Crippen LogP contribution in [0.3, 0.4) is 0 Å². The maximum Gasteiger partial charge on any atom is 0.328 e. The molecule has 4 heteroatoms. The van der Waals surface area contributed by atoms with E-state index < -0.39 is 5.97 Å². The molecule has 0 aliphatic heterocycles. The molecule has 5 atom stereocenters. The van der Waals surface area contributed by atoms with Crippen molar-refractivity contribution in [1.82, 2.24) is 0 Å². The lowest BCUT2D eigenvalue weighted by Gasteiger charge is -2.60. The van der Waals surface area contributed by atoms with Crippen LogP contribution < -0.4 is 0 Å². The molecule has 1 N–H and O–H groups in total. The third kappa shape index (κ3) is 3.74. The number of carboxylic acids is 1. The van der Waals surface area contributed by atoms with Crippen molar-refractivity contribution in [3.8, 4) is 0 Å². The van der Waals surface area contributed by atoms with Crippen molar-refractivity contribution in [2.75, 3.05) is 0 Å². The highest BCUT2D eigenvalue weighted by Crippen LogP contribution is 2.62. The van der Waals surface area contributed by atoms with E-state index in [0.29, 0.717) is 11.8 Å². The van der Waals surface area contributed by atoms with Crippen molar-refractivity contribution in [2.24, 2.45) is 22.7 Å². The van der Waals surface area contributed by atoms with E-state index in [1.807, 2.05) is 6.92 Å². The van der Waals surface area contributed by atoms with E-state index in [-0.39, 0.29) is 22.9 Å². The van der Waals surface area contributed by atoms with Crippen LogP contribution >= 0.6 is 0 Å². The first-order valence-electron chi connectivity index (χ1n) is 9.76. The highest BCUT2D eigenvalue weighted by molar-refractivity contribution is 5.80. The number of rotatable bonds is 5. The number of carbonyl (C=O) groups excluding carboxylic acids is 1. The van der Waals surface area contributed by atoms with E-state index in [9.17, 15) is 9.59 Å². The van der Waals surface area contributed by atoms with Gasteiger partial charge in [0.1, 0.15) is 6.10 Å². The third-order valence-electron chi connectivity index (χ3n) is 7.37. The van der Waals surface area contributed by atoms with Crippen LogP contribution in [0.15, 0.2) is 23.3 Å². The molecule has 0 aromatic carbocycles. The number of carboxylic acid groups (broad SMARTS) is 1. The van der Waals surface area contributed by atoms with Crippen LogP contribution in [0.4, 0.5) is 0 Å². The van der Waals surface area contributed by atoms with Crippen LogP contribution in [0.2, 0.25) is 0 Å². The van der Waals surface area contributed by atoms with Crippen molar-refractivity contribution in [1.29, 1.82) is 0 Å². The third-order valence-corrected chi connectivity index (χ3v) is 7.37. The second kappa shape index (κ2) is 7.58. The largest absolute Gasteiger partial charge is 0.478 e. The first-order chi connectivity index (χ1) is 12.0. The van der Waals surface area contributed by atoms with Gasteiger partial charge in [0.15, 0.2) is 0 Å². The monoisotopic (exact) mass is 362 g/mol. The zero-order chi connectivity index (χ0) is 19.7. The molecule has 0 heterocycles. The Morgan fingerprint density at radius 3 is 2.58 bits per heavy atom. The summed E-state index contributed by atoms with van der Waals surface area (Å²) in [5.74, 6) is -0.246. The van der Waals surface area contributed by atoms with Gasteiger partial charge in [0.25, 0.3) is 0 Å². The van der Waals surface area contributed by atoms with Gasteiger partial charge in [-0.1, -0.05) is 38.0 Å². The standard InChI is InChI=1S/C22H34O4/c1-14(12-20(24)25)10-11-21(5)16(3)13-19(26-17(4)23)22(6)15(2)8-7-9-18(21)22/h8,12,16,18-19H,7,9-11,13H2,1-6H3,(H,24,25)/b14-12+/t16-,18-,19-,21+,22+/m1/s1. The lowest BCUT2D eigenvalue weighted by atomic mass is 9.46. The predicted octanol–water partition coefficient (Wildman–Crippen LogP) is 5.14. The molecule has 0 aromatic rings. The van der Waals surface area contributed by atoms with Gasteiger partial charge in [0, 0.05) is 18.4 Å². The molecule has 0 aromatic heterocycles. The predicted molar refractivity (Wildman–Crippen MR) is 103 cm³/mol. The number of fused-ring (bicyclic) bond motifs is 1. The minimum atomic E-state index is -0.874. The molecule has 0 bridgehead atoms. The van der Waals surface area contributed by atoms with Crippen molar-refractivity contribution >= 4 is 11.9 Å². The lowest BCUT2D eigenvalue weighted by Crippen LogP contribution is -2.57. The van der Waals surface area contributed by atoms with E-state index in [2.05, 4.69) is 33.8 Å².